The molecule has 1 aromatic heterocycles. The molecular formula is C22H23ClN4O2. The van der Waals surface area contributed by atoms with Crippen LogP contribution in [0, 0.1) is 0 Å². The molecule has 1 saturated heterocycles. The van der Waals surface area contributed by atoms with Crippen molar-refractivity contribution in [3.8, 4) is 22.6 Å². The van der Waals surface area contributed by atoms with Gasteiger partial charge in [0.05, 0.1) is 0 Å². The number of hydrogen-bond acceptors (Lipinski definition) is 4. The molecule has 1 fully saturated rings. The van der Waals surface area contributed by atoms with E-state index in [1.165, 1.54) is 5.69 Å². The lowest BCUT2D eigenvalue weighted by atomic mass is 10.1. The number of imidazole rings is 1. The second kappa shape index (κ2) is 8.27. The third kappa shape index (κ3) is 4.28. The van der Waals surface area contributed by atoms with Crippen molar-refractivity contribution in [2.24, 2.45) is 0 Å². The highest BCUT2D eigenvalue weighted by Crippen LogP contribution is 2.28. The number of aromatic nitrogens is 2. The molecular weight excluding hydrogens is 388 g/mol. The molecule has 0 bridgehead atoms. The highest BCUT2D eigenvalue weighted by Gasteiger charge is 2.19. The monoisotopic (exact) mass is 410 g/mol. The average Bonchev–Trinajstić information content (AvgIpc) is 3.06. The first-order valence-corrected chi connectivity index (χ1v) is 10.0. The van der Waals surface area contributed by atoms with Crippen molar-refractivity contribution in [1.82, 2.24) is 14.9 Å². The topological polar surface area (TPSA) is 72.5 Å². The second-order valence-electron chi connectivity index (χ2n) is 7.31. The van der Waals surface area contributed by atoms with Gasteiger partial charge in [0.2, 0.25) is 0 Å². The molecule has 3 aromatic rings. The highest BCUT2D eigenvalue weighted by atomic mass is 35.5. The van der Waals surface area contributed by atoms with Crippen LogP contribution in [0.1, 0.15) is 16.9 Å². The molecule has 2 N–H and O–H groups in total. The standard InChI is InChI=1S/C22H23ClN4O2/c1-26-11-2-12-27(14-13-26)18-9-5-16(6-10-18)21-24-19(20(25-21)22(28)29)15-3-7-17(23)8-4-15/h3-10H,2,11-14H2,1H3,(H,24,25)(H,28,29). The maximum atomic E-state index is 11.7. The Balaban J connectivity index is 1.62. The Labute approximate surface area is 174 Å². The Morgan fingerprint density at radius 1 is 1.00 bits per heavy atom. The summed E-state index contributed by atoms with van der Waals surface area (Å²) in [6.07, 6.45) is 1.14. The van der Waals surface area contributed by atoms with Crippen LogP contribution in [-0.4, -0.2) is 59.2 Å². The predicted octanol–water partition coefficient (Wildman–Crippen LogP) is 4.24. The quantitative estimate of drug-likeness (QED) is 0.673. The van der Waals surface area contributed by atoms with E-state index >= 15 is 0 Å². The van der Waals surface area contributed by atoms with E-state index < -0.39 is 5.97 Å². The number of hydrogen-bond donors (Lipinski definition) is 2. The van der Waals surface area contributed by atoms with Gasteiger partial charge in [0, 0.05) is 41.5 Å². The lowest BCUT2D eigenvalue weighted by Gasteiger charge is -2.22. The number of likely N-dealkylation sites (N-methyl/N-ethyl adjacent to an activating group) is 1. The predicted molar refractivity (Wildman–Crippen MR) is 116 cm³/mol. The molecule has 0 aliphatic carbocycles. The van der Waals surface area contributed by atoms with E-state index in [4.69, 9.17) is 11.6 Å². The molecule has 0 amide bonds. The third-order valence-corrected chi connectivity index (χ3v) is 5.51. The van der Waals surface area contributed by atoms with Gasteiger partial charge in [-0.15, -0.1) is 0 Å². The zero-order chi connectivity index (χ0) is 20.4. The maximum Gasteiger partial charge on any atom is 0.354 e. The van der Waals surface area contributed by atoms with E-state index in [1.54, 1.807) is 24.3 Å². The minimum atomic E-state index is -1.04. The molecule has 0 unspecified atom stereocenters. The van der Waals surface area contributed by atoms with E-state index in [0.29, 0.717) is 22.1 Å². The minimum absolute atomic E-state index is 0.0713. The number of halogens is 1. The van der Waals surface area contributed by atoms with Crippen LogP contribution in [0.3, 0.4) is 0 Å². The third-order valence-electron chi connectivity index (χ3n) is 5.26. The molecule has 0 radical (unpaired) electrons. The van der Waals surface area contributed by atoms with Gasteiger partial charge in [0.15, 0.2) is 5.69 Å². The molecule has 2 heterocycles. The Bertz CT molecular complexity index is 999. The van der Waals surface area contributed by atoms with E-state index in [0.717, 1.165) is 38.2 Å². The number of benzene rings is 2. The highest BCUT2D eigenvalue weighted by molar-refractivity contribution is 6.30. The molecule has 1 aliphatic rings. The number of nitrogens with zero attached hydrogens (tertiary/aromatic N) is 3. The fourth-order valence-electron chi connectivity index (χ4n) is 3.62. The summed E-state index contributed by atoms with van der Waals surface area (Å²) >= 11 is 5.95. The molecule has 0 atom stereocenters. The Morgan fingerprint density at radius 3 is 2.38 bits per heavy atom. The molecule has 4 rings (SSSR count). The number of carbonyl (C=O) groups is 1. The number of aromatic carboxylic acids is 1. The average molecular weight is 411 g/mol. The summed E-state index contributed by atoms with van der Waals surface area (Å²) in [5, 5.41) is 10.2. The number of H-pyrrole nitrogens is 1. The lowest BCUT2D eigenvalue weighted by molar-refractivity contribution is 0.0692. The number of nitrogens with one attached hydrogen (secondary N) is 1. The summed E-state index contributed by atoms with van der Waals surface area (Å²) in [7, 11) is 2.15. The van der Waals surface area contributed by atoms with Crippen LogP contribution in [0.15, 0.2) is 48.5 Å². The van der Waals surface area contributed by atoms with Crippen molar-refractivity contribution in [2.75, 3.05) is 38.1 Å². The van der Waals surface area contributed by atoms with Gasteiger partial charge < -0.3 is 19.9 Å². The van der Waals surface area contributed by atoms with Crippen molar-refractivity contribution in [1.29, 1.82) is 0 Å². The van der Waals surface area contributed by atoms with Crippen molar-refractivity contribution >= 4 is 23.3 Å². The maximum absolute atomic E-state index is 11.7. The normalized spacial score (nSPS) is 15.3. The van der Waals surface area contributed by atoms with Crippen molar-refractivity contribution < 1.29 is 9.90 Å². The summed E-state index contributed by atoms with van der Waals surface area (Å²) in [6, 6.07) is 15.1. The van der Waals surface area contributed by atoms with E-state index in [2.05, 4.69) is 38.9 Å². The Kier molecular flexibility index (Phi) is 5.56. The number of aromatic amines is 1. The van der Waals surface area contributed by atoms with Crippen LogP contribution in [0.4, 0.5) is 5.69 Å². The van der Waals surface area contributed by atoms with E-state index in [-0.39, 0.29) is 5.69 Å². The molecule has 29 heavy (non-hydrogen) atoms. The molecule has 2 aromatic carbocycles. The fraction of sp³-hybridized carbons (Fsp3) is 0.273. The number of carboxylic acid groups (broad SMARTS) is 1. The summed E-state index contributed by atoms with van der Waals surface area (Å²) in [6.45, 7) is 4.20. The van der Waals surface area contributed by atoms with Crippen molar-refractivity contribution in [3.63, 3.8) is 0 Å². The molecule has 7 heteroatoms. The number of rotatable bonds is 4. The molecule has 0 spiro atoms. The molecule has 1 aliphatic heterocycles. The number of carboxylic acids is 1. The second-order valence-corrected chi connectivity index (χ2v) is 7.75. The van der Waals surface area contributed by atoms with Crippen LogP contribution in [0.2, 0.25) is 5.02 Å². The van der Waals surface area contributed by atoms with Crippen LogP contribution in [-0.2, 0) is 0 Å². The molecule has 0 saturated carbocycles. The zero-order valence-electron chi connectivity index (χ0n) is 16.2. The van der Waals surface area contributed by atoms with Gasteiger partial charge in [0.25, 0.3) is 0 Å². The van der Waals surface area contributed by atoms with Crippen LogP contribution < -0.4 is 4.90 Å². The first kappa shape index (κ1) is 19.5. The van der Waals surface area contributed by atoms with E-state index in [1.807, 2.05) is 12.1 Å². The summed E-state index contributed by atoms with van der Waals surface area (Å²) < 4.78 is 0. The zero-order valence-corrected chi connectivity index (χ0v) is 17.0. The SMILES string of the molecule is CN1CCCN(c2ccc(-c3nc(-c4ccc(Cl)cc4)c(C(=O)O)[nH]3)cc2)CC1. The van der Waals surface area contributed by atoms with Gasteiger partial charge in [-0.25, -0.2) is 9.78 Å². The summed E-state index contributed by atoms with van der Waals surface area (Å²) in [5.74, 6) is -0.506. The molecule has 150 valence electrons. The van der Waals surface area contributed by atoms with Crippen molar-refractivity contribution in [2.45, 2.75) is 6.42 Å². The van der Waals surface area contributed by atoms with E-state index in [9.17, 15) is 9.90 Å². The van der Waals surface area contributed by atoms with Gasteiger partial charge in [-0.05, 0) is 56.4 Å². The van der Waals surface area contributed by atoms with Gasteiger partial charge in [-0.3, -0.25) is 0 Å². The van der Waals surface area contributed by atoms with Gasteiger partial charge in [-0.1, -0.05) is 23.7 Å². The smallest absolute Gasteiger partial charge is 0.354 e. The largest absolute Gasteiger partial charge is 0.477 e. The van der Waals surface area contributed by atoms with Crippen LogP contribution in [0.5, 0.6) is 0 Å². The summed E-state index contributed by atoms with van der Waals surface area (Å²) in [4.78, 5) is 24.0. The van der Waals surface area contributed by atoms with Crippen LogP contribution >= 0.6 is 11.6 Å². The first-order valence-electron chi connectivity index (χ1n) is 9.64. The van der Waals surface area contributed by atoms with Gasteiger partial charge in [0.1, 0.15) is 11.5 Å². The van der Waals surface area contributed by atoms with Gasteiger partial charge in [-0.2, -0.15) is 0 Å². The Morgan fingerprint density at radius 2 is 1.69 bits per heavy atom. The lowest BCUT2D eigenvalue weighted by Crippen LogP contribution is -2.28. The first-order chi connectivity index (χ1) is 14.0. The van der Waals surface area contributed by atoms with Crippen molar-refractivity contribution in [3.05, 3.63) is 59.2 Å². The van der Waals surface area contributed by atoms with Gasteiger partial charge >= 0.3 is 5.97 Å². The molecule has 6 nitrogen and oxygen atoms in total. The number of anilines is 1. The fourth-order valence-corrected chi connectivity index (χ4v) is 3.74. The Hall–Kier alpha value is -2.83. The summed E-state index contributed by atoms with van der Waals surface area (Å²) in [5.41, 5.74) is 3.21. The van der Waals surface area contributed by atoms with Crippen LogP contribution in [0.25, 0.3) is 22.6 Å². The minimum Gasteiger partial charge on any atom is -0.477 e.